The Bertz CT molecular complexity index is 539. The van der Waals surface area contributed by atoms with Crippen LogP contribution in [0.2, 0.25) is 0 Å². The van der Waals surface area contributed by atoms with Crippen LogP contribution >= 0.6 is 0 Å². The smallest absolute Gasteiger partial charge is 0.226 e. The lowest BCUT2D eigenvalue weighted by Gasteiger charge is -2.42. The zero-order valence-electron chi connectivity index (χ0n) is 15.9. The summed E-state index contributed by atoms with van der Waals surface area (Å²) in [6, 6.07) is 11.4. The molecule has 0 spiro atoms. The number of rotatable bonds is 5. The van der Waals surface area contributed by atoms with Gasteiger partial charge in [0.05, 0.1) is 5.92 Å². The Kier molecular flexibility index (Phi) is 6.49. The number of likely N-dealkylation sites (tertiary alicyclic amines) is 2. The van der Waals surface area contributed by atoms with Gasteiger partial charge in [-0.2, -0.15) is 0 Å². The average molecular weight is 344 g/mol. The number of carbonyl (C=O) groups excluding carboxylic acids is 1. The molecule has 1 amide bonds. The largest absolute Gasteiger partial charge is 0.346 e. The van der Waals surface area contributed by atoms with Gasteiger partial charge in [0.15, 0.2) is 0 Å². The molecule has 4 nitrogen and oxygen atoms in total. The molecular weight excluding hydrogens is 310 g/mol. The zero-order valence-corrected chi connectivity index (χ0v) is 15.9. The summed E-state index contributed by atoms with van der Waals surface area (Å²) in [5.41, 5.74) is 1.41. The number of nitrogens with zero attached hydrogens (tertiary/aromatic N) is 3. The van der Waals surface area contributed by atoms with Crippen LogP contribution in [0.25, 0.3) is 0 Å². The fourth-order valence-electron chi connectivity index (χ4n) is 4.29. The highest BCUT2D eigenvalue weighted by atomic mass is 16.2. The van der Waals surface area contributed by atoms with E-state index in [9.17, 15) is 4.79 Å². The predicted molar refractivity (Wildman–Crippen MR) is 102 cm³/mol. The van der Waals surface area contributed by atoms with E-state index in [0.717, 1.165) is 32.5 Å². The molecule has 0 bridgehead atoms. The van der Waals surface area contributed by atoms with E-state index < -0.39 is 0 Å². The van der Waals surface area contributed by atoms with Crippen molar-refractivity contribution in [1.82, 2.24) is 14.7 Å². The Morgan fingerprint density at radius 1 is 1.12 bits per heavy atom. The maximum atomic E-state index is 12.5. The molecular formula is C21H33N3O. The molecule has 2 aliphatic rings. The van der Waals surface area contributed by atoms with Gasteiger partial charge in [-0.1, -0.05) is 30.3 Å². The maximum absolute atomic E-state index is 12.5. The minimum Gasteiger partial charge on any atom is -0.346 e. The molecule has 3 rings (SSSR count). The summed E-state index contributed by atoms with van der Waals surface area (Å²) in [6.45, 7) is 8.41. The second-order valence-electron chi connectivity index (χ2n) is 7.68. The van der Waals surface area contributed by atoms with Crippen molar-refractivity contribution in [2.75, 3.05) is 39.8 Å². The summed E-state index contributed by atoms with van der Waals surface area (Å²) in [4.78, 5) is 19.6. The van der Waals surface area contributed by atoms with Crippen molar-refractivity contribution in [3.05, 3.63) is 35.9 Å². The lowest BCUT2D eigenvalue weighted by Crippen LogP contribution is -2.50. The van der Waals surface area contributed by atoms with Crippen molar-refractivity contribution < 1.29 is 4.79 Å². The normalized spacial score (nSPS) is 23.5. The van der Waals surface area contributed by atoms with E-state index in [1.807, 2.05) is 11.9 Å². The number of piperidine rings is 2. The number of hydrogen-bond acceptors (Lipinski definition) is 3. The van der Waals surface area contributed by atoms with Gasteiger partial charge in [-0.15, -0.1) is 0 Å². The quantitative estimate of drug-likeness (QED) is 0.822. The molecule has 25 heavy (non-hydrogen) atoms. The van der Waals surface area contributed by atoms with Gasteiger partial charge in [0.2, 0.25) is 5.91 Å². The van der Waals surface area contributed by atoms with Gasteiger partial charge >= 0.3 is 0 Å². The van der Waals surface area contributed by atoms with E-state index in [4.69, 9.17) is 0 Å². The van der Waals surface area contributed by atoms with Gasteiger partial charge in [0.1, 0.15) is 0 Å². The third kappa shape index (κ3) is 4.83. The molecule has 1 atom stereocenters. The van der Waals surface area contributed by atoms with E-state index >= 15 is 0 Å². The summed E-state index contributed by atoms with van der Waals surface area (Å²) in [5.74, 6) is 0.551. The molecule has 0 radical (unpaired) electrons. The summed E-state index contributed by atoms with van der Waals surface area (Å²) in [6.07, 6.45) is 4.69. The number of carbonyl (C=O) groups is 1. The molecule has 0 saturated carbocycles. The summed E-state index contributed by atoms with van der Waals surface area (Å²) in [5, 5.41) is 0. The first kappa shape index (κ1) is 18.4. The first-order valence-corrected chi connectivity index (χ1v) is 9.92. The van der Waals surface area contributed by atoms with Gasteiger partial charge < -0.3 is 4.90 Å². The Labute approximate surface area is 152 Å². The molecule has 1 aromatic carbocycles. The maximum Gasteiger partial charge on any atom is 0.226 e. The lowest BCUT2D eigenvalue weighted by molar-refractivity contribution is -0.136. The molecule has 0 aliphatic carbocycles. The molecule has 2 saturated heterocycles. The number of hydrogen-bond donors (Lipinski definition) is 0. The molecule has 2 aliphatic heterocycles. The van der Waals surface area contributed by atoms with Crippen LogP contribution < -0.4 is 0 Å². The van der Waals surface area contributed by atoms with E-state index in [2.05, 4.69) is 47.1 Å². The topological polar surface area (TPSA) is 26.8 Å². The second-order valence-corrected chi connectivity index (χ2v) is 7.68. The lowest BCUT2D eigenvalue weighted by atomic mass is 9.93. The molecule has 0 aromatic heterocycles. The SMILES string of the molecule is CCN(C)C(=O)[C@@H]1CCCN(C2CCN(Cc3ccccc3)CC2)C1. The van der Waals surface area contributed by atoms with E-state index in [1.165, 1.54) is 38.0 Å². The summed E-state index contributed by atoms with van der Waals surface area (Å²) in [7, 11) is 1.93. The molecule has 0 unspecified atom stereocenters. The van der Waals surface area contributed by atoms with Gasteiger partial charge in [0.25, 0.3) is 0 Å². The summed E-state index contributed by atoms with van der Waals surface area (Å²) >= 11 is 0. The fourth-order valence-corrected chi connectivity index (χ4v) is 4.29. The average Bonchev–Trinajstić information content (AvgIpc) is 2.68. The highest BCUT2D eigenvalue weighted by Crippen LogP contribution is 2.25. The molecule has 1 aromatic rings. The van der Waals surface area contributed by atoms with E-state index in [0.29, 0.717) is 11.9 Å². The minimum atomic E-state index is 0.209. The highest BCUT2D eigenvalue weighted by molar-refractivity contribution is 5.78. The van der Waals surface area contributed by atoms with Crippen LogP contribution in [-0.2, 0) is 11.3 Å². The van der Waals surface area contributed by atoms with E-state index in [1.54, 1.807) is 0 Å². The van der Waals surface area contributed by atoms with Crippen LogP contribution in [0.15, 0.2) is 30.3 Å². The molecule has 138 valence electrons. The van der Waals surface area contributed by atoms with Crippen molar-refractivity contribution >= 4 is 5.91 Å². The predicted octanol–water partition coefficient (Wildman–Crippen LogP) is 2.84. The van der Waals surface area contributed by atoms with Crippen LogP contribution in [0, 0.1) is 5.92 Å². The van der Waals surface area contributed by atoms with Gasteiger partial charge in [0, 0.05) is 32.7 Å². The van der Waals surface area contributed by atoms with Crippen molar-refractivity contribution in [1.29, 1.82) is 0 Å². The highest BCUT2D eigenvalue weighted by Gasteiger charge is 2.32. The van der Waals surface area contributed by atoms with Crippen LogP contribution in [-0.4, -0.2) is 66.4 Å². The number of amides is 1. The molecule has 0 N–H and O–H groups in total. The third-order valence-corrected chi connectivity index (χ3v) is 5.98. The summed E-state index contributed by atoms with van der Waals surface area (Å²) < 4.78 is 0. The first-order valence-electron chi connectivity index (χ1n) is 9.92. The molecule has 2 fully saturated rings. The molecule has 2 heterocycles. The minimum absolute atomic E-state index is 0.209. The standard InChI is InChI=1S/C21H33N3O/c1-3-22(2)21(25)19-10-7-13-24(17-19)20-11-14-23(15-12-20)16-18-8-5-4-6-9-18/h4-6,8-9,19-20H,3,7,10-17H2,1-2H3/t19-/m1/s1. The van der Waals surface area contributed by atoms with Crippen molar-refractivity contribution in [2.45, 2.75) is 45.2 Å². The van der Waals surface area contributed by atoms with Crippen molar-refractivity contribution in [3.63, 3.8) is 0 Å². The van der Waals surface area contributed by atoms with Gasteiger partial charge in [-0.25, -0.2) is 0 Å². The number of benzene rings is 1. The van der Waals surface area contributed by atoms with Crippen molar-refractivity contribution in [2.24, 2.45) is 5.92 Å². The van der Waals surface area contributed by atoms with Crippen LogP contribution in [0.5, 0.6) is 0 Å². The van der Waals surface area contributed by atoms with Gasteiger partial charge in [-0.05, 0) is 57.8 Å². The third-order valence-electron chi connectivity index (χ3n) is 5.98. The second kappa shape index (κ2) is 8.81. The Balaban J connectivity index is 1.48. The van der Waals surface area contributed by atoms with Crippen molar-refractivity contribution in [3.8, 4) is 0 Å². The Hall–Kier alpha value is -1.39. The van der Waals surface area contributed by atoms with Gasteiger partial charge in [-0.3, -0.25) is 14.6 Å². The molecule has 4 heteroatoms. The van der Waals surface area contributed by atoms with Crippen LogP contribution in [0.4, 0.5) is 0 Å². The fraction of sp³-hybridized carbons (Fsp3) is 0.667. The van der Waals surface area contributed by atoms with E-state index in [-0.39, 0.29) is 5.92 Å². The van der Waals surface area contributed by atoms with Crippen LogP contribution in [0.3, 0.4) is 0 Å². The monoisotopic (exact) mass is 343 g/mol. The Morgan fingerprint density at radius 2 is 1.84 bits per heavy atom. The first-order chi connectivity index (χ1) is 12.2. The van der Waals surface area contributed by atoms with Crippen LogP contribution in [0.1, 0.15) is 38.2 Å². The Morgan fingerprint density at radius 3 is 2.52 bits per heavy atom. The zero-order chi connectivity index (χ0) is 17.6.